The lowest BCUT2D eigenvalue weighted by molar-refractivity contribution is -0.117. The molecule has 1 atom stereocenters. The monoisotopic (exact) mass is 485 g/mol. The maximum atomic E-state index is 13.4. The molecule has 4 rings (SSSR count). The van der Waals surface area contributed by atoms with E-state index in [2.05, 4.69) is 16.5 Å². The van der Waals surface area contributed by atoms with Crippen LogP contribution in [-0.4, -0.2) is 39.3 Å². The molecule has 3 aromatic heterocycles. The fourth-order valence-electron chi connectivity index (χ4n) is 3.49. The maximum Gasteiger partial charge on any atom is 0.350 e. The first-order valence-electron chi connectivity index (χ1n) is 9.78. The smallest absolute Gasteiger partial charge is 0.350 e. The van der Waals surface area contributed by atoms with E-state index in [1.807, 2.05) is 0 Å². The van der Waals surface area contributed by atoms with Crippen LogP contribution in [-0.2, 0) is 9.53 Å². The molecule has 1 unspecified atom stereocenters. The zero-order chi connectivity index (χ0) is 23.9. The van der Waals surface area contributed by atoms with Gasteiger partial charge in [0.1, 0.15) is 23.3 Å². The summed E-state index contributed by atoms with van der Waals surface area (Å²) >= 11 is 2.10. The number of aliphatic hydroxyl groups excluding tert-OH is 1. The molecular weight excluding hydrogens is 466 g/mol. The SMILES string of the molecule is C=CCOC(=O)c1sc(N2C(=O)C(O)=C(C(=O)c3sc(C)nc3C)C2c2ccco2)nc1C. The Balaban J connectivity index is 1.80. The number of hydrogen-bond acceptors (Lipinski definition) is 10. The van der Waals surface area contributed by atoms with Crippen molar-refractivity contribution in [2.24, 2.45) is 0 Å². The molecule has 0 bridgehead atoms. The summed E-state index contributed by atoms with van der Waals surface area (Å²) in [5, 5.41) is 11.6. The van der Waals surface area contributed by atoms with Gasteiger partial charge in [-0.05, 0) is 32.9 Å². The standard InChI is InChI=1S/C22H19N3O6S2/c1-5-8-31-21(29)19-11(3)24-22(33-19)25-15(13-7-6-9-30-13)14(17(27)20(25)28)16(26)18-10(2)23-12(4)32-18/h5-7,9,15,27H,1,8H2,2-4H3. The van der Waals surface area contributed by atoms with Crippen LogP contribution in [0.1, 0.15) is 47.5 Å². The molecule has 170 valence electrons. The quantitative estimate of drug-likeness (QED) is 0.299. The number of Topliss-reactive ketones (excluding diaryl/α,β-unsaturated/α-hetero) is 1. The molecule has 0 aliphatic carbocycles. The second-order valence-electron chi connectivity index (χ2n) is 7.13. The molecule has 0 spiro atoms. The summed E-state index contributed by atoms with van der Waals surface area (Å²) in [5.74, 6) is -2.39. The van der Waals surface area contributed by atoms with Gasteiger partial charge < -0.3 is 14.3 Å². The second kappa shape index (κ2) is 8.75. The third kappa shape index (κ3) is 3.89. The van der Waals surface area contributed by atoms with Gasteiger partial charge >= 0.3 is 5.97 Å². The number of ether oxygens (including phenoxy) is 1. The molecule has 4 heterocycles. The zero-order valence-corrected chi connectivity index (χ0v) is 19.6. The number of carbonyl (C=O) groups is 3. The van der Waals surface area contributed by atoms with E-state index in [9.17, 15) is 19.5 Å². The Kier molecular flexibility index (Phi) is 6.00. The summed E-state index contributed by atoms with van der Waals surface area (Å²) in [6.07, 6.45) is 2.85. The molecule has 0 fully saturated rings. The van der Waals surface area contributed by atoms with Gasteiger partial charge in [0.05, 0.1) is 33.1 Å². The molecule has 1 aliphatic rings. The van der Waals surface area contributed by atoms with Gasteiger partial charge in [-0.3, -0.25) is 14.5 Å². The molecule has 0 saturated heterocycles. The van der Waals surface area contributed by atoms with Crippen LogP contribution < -0.4 is 4.90 Å². The van der Waals surface area contributed by atoms with Crippen LogP contribution >= 0.6 is 22.7 Å². The Morgan fingerprint density at radius 2 is 1.97 bits per heavy atom. The molecule has 9 nitrogen and oxygen atoms in total. The van der Waals surface area contributed by atoms with Crippen molar-refractivity contribution in [2.45, 2.75) is 26.8 Å². The fraction of sp³-hybridized carbons (Fsp3) is 0.227. The summed E-state index contributed by atoms with van der Waals surface area (Å²) in [5.41, 5.74) is 0.720. The lowest BCUT2D eigenvalue weighted by Crippen LogP contribution is -2.30. The Labute approximate surface area is 196 Å². The third-order valence-corrected chi connectivity index (χ3v) is 7.09. The van der Waals surface area contributed by atoms with Crippen LogP contribution in [0, 0.1) is 20.8 Å². The summed E-state index contributed by atoms with van der Waals surface area (Å²) in [6, 6.07) is 2.15. The number of thiazole rings is 2. The number of anilines is 1. The van der Waals surface area contributed by atoms with E-state index in [1.54, 1.807) is 32.9 Å². The van der Waals surface area contributed by atoms with Crippen LogP contribution in [0.3, 0.4) is 0 Å². The van der Waals surface area contributed by atoms with Crippen molar-refractivity contribution in [1.82, 2.24) is 9.97 Å². The number of hydrogen-bond donors (Lipinski definition) is 1. The summed E-state index contributed by atoms with van der Waals surface area (Å²) < 4.78 is 10.6. The molecule has 0 radical (unpaired) electrons. The number of carbonyl (C=O) groups excluding carboxylic acids is 3. The van der Waals surface area contributed by atoms with E-state index >= 15 is 0 Å². The maximum absolute atomic E-state index is 13.4. The van der Waals surface area contributed by atoms with Crippen molar-refractivity contribution in [3.8, 4) is 0 Å². The summed E-state index contributed by atoms with van der Waals surface area (Å²) in [6.45, 7) is 8.60. The highest BCUT2D eigenvalue weighted by molar-refractivity contribution is 7.17. The Hall–Kier alpha value is -3.57. The highest BCUT2D eigenvalue weighted by Crippen LogP contribution is 2.44. The number of aliphatic hydroxyl groups is 1. The molecule has 0 aromatic carbocycles. The Bertz CT molecular complexity index is 1300. The number of aryl methyl sites for hydroxylation is 3. The normalized spacial score (nSPS) is 15.9. The molecule has 0 saturated carbocycles. The van der Waals surface area contributed by atoms with Gasteiger partial charge in [0, 0.05) is 0 Å². The van der Waals surface area contributed by atoms with Crippen LogP contribution in [0.4, 0.5) is 5.13 Å². The van der Waals surface area contributed by atoms with Gasteiger partial charge in [-0.25, -0.2) is 14.8 Å². The number of aromatic nitrogens is 2. The van der Waals surface area contributed by atoms with Crippen molar-refractivity contribution in [3.05, 3.63) is 74.3 Å². The predicted molar refractivity (Wildman–Crippen MR) is 122 cm³/mol. The molecule has 1 amide bonds. The molecule has 3 aromatic rings. The van der Waals surface area contributed by atoms with E-state index in [0.29, 0.717) is 21.3 Å². The van der Waals surface area contributed by atoms with E-state index in [0.717, 1.165) is 16.2 Å². The average Bonchev–Trinajstić information content (AvgIpc) is 3.54. The summed E-state index contributed by atoms with van der Waals surface area (Å²) in [7, 11) is 0. The first-order valence-corrected chi connectivity index (χ1v) is 11.4. The van der Waals surface area contributed by atoms with Crippen LogP contribution in [0.2, 0.25) is 0 Å². The Morgan fingerprint density at radius 1 is 1.24 bits per heavy atom. The van der Waals surface area contributed by atoms with Crippen LogP contribution in [0.25, 0.3) is 0 Å². The van der Waals surface area contributed by atoms with Crippen molar-refractivity contribution < 1.29 is 28.6 Å². The molecular formula is C22H19N3O6S2. The first kappa shape index (κ1) is 22.6. The van der Waals surface area contributed by atoms with Gasteiger partial charge in [0.15, 0.2) is 10.9 Å². The predicted octanol–water partition coefficient (Wildman–Crippen LogP) is 4.24. The van der Waals surface area contributed by atoms with Crippen LogP contribution in [0.5, 0.6) is 0 Å². The Morgan fingerprint density at radius 3 is 2.58 bits per heavy atom. The number of esters is 1. The highest BCUT2D eigenvalue weighted by Gasteiger charge is 2.48. The molecule has 1 aliphatic heterocycles. The molecule has 11 heteroatoms. The number of amides is 1. The summed E-state index contributed by atoms with van der Waals surface area (Å²) in [4.78, 5) is 49.3. The number of furan rings is 1. The highest BCUT2D eigenvalue weighted by atomic mass is 32.1. The number of nitrogens with zero attached hydrogens (tertiary/aromatic N) is 3. The minimum absolute atomic E-state index is 0.0256. The van der Waals surface area contributed by atoms with E-state index in [4.69, 9.17) is 9.15 Å². The largest absolute Gasteiger partial charge is 0.503 e. The van der Waals surface area contributed by atoms with Crippen molar-refractivity contribution in [1.29, 1.82) is 0 Å². The number of ketones is 1. The minimum atomic E-state index is -1.07. The lowest BCUT2D eigenvalue weighted by atomic mass is 10.00. The van der Waals surface area contributed by atoms with Gasteiger partial charge in [-0.2, -0.15) is 0 Å². The van der Waals surface area contributed by atoms with Gasteiger partial charge in [0.2, 0.25) is 5.78 Å². The molecule has 33 heavy (non-hydrogen) atoms. The van der Waals surface area contributed by atoms with Gasteiger partial charge in [-0.15, -0.1) is 11.3 Å². The van der Waals surface area contributed by atoms with Crippen molar-refractivity contribution in [3.63, 3.8) is 0 Å². The zero-order valence-electron chi connectivity index (χ0n) is 17.9. The minimum Gasteiger partial charge on any atom is -0.503 e. The third-order valence-electron chi connectivity index (χ3n) is 4.88. The van der Waals surface area contributed by atoms with E-state index in [1.165, 1.54) is 23.7 Å². The van der Waals surface area contributed by atoms with Crippen molar-refractivity contribution in [2.75, 3.05) is 11.5 Å². The average molecular weight is 486 g/mol. The van der Waals surface area contributed by atoms with Crippen LogP contribution in [0.15, 0.2) is 46.8 Å². The van der Waals surface area contributed by atoms with E-state index in [-0.39, 0.29) is 27.9 Å². The van der Waals surface area contributed by atoms with Crippen molar-refractivity contribution >= 4 is 45.5 Å². The van der Waals surface area contributed by atoms with Gasteiger partial charge in [0.25, 0.3) is 5.91 Å². The fourth-order valence-corrected chi connectivity index (χ4v) is 5.35. The number of rotatable bonds is 7. The lowest BCUT2D eigenvalue weighted by Gasteiger charge is -2.22. The van der Waals surface area contributed by atoms with Gasteiger partial charge in [-0.1, -0.05) is 24.0 Å². The second-order valence-corrected chi connectivity index (χ2v) is 9.31. The topological polar surface area (TPSA) is 123 Å². The first-order chi connectivity index (χ1) is 15.7. The molecule has 1 N–H and O–H groups in total. The van der Waals surface area contributed by atoms with E-state index < -0.39 is 29.5 Å².